The fourth-order valence-corrected chi connectivity index (χ4v) is 7.04. The summed E-state index contributed by atoms with van der Waals surface area (Å²) in [6, 6.07) is 10.7. The smallest absolute Gasteiger partial charge is 0.410 e. The van der Waals surface area contributed by atoms with Crippen molar-refractivity contribution in [2.75, 3.05) is 18.1 Å². The van der Waals surface area contributed by atoms with Crippen LogP contribution in [0.1, 0.15) is 38.3 Å². The van der Waals surface area contributed by atoms with Crippen molar-refractivity contribution in [1.29, 1.82) is 0 Å². The Morgan fingerprint density at radius 1 is 1.27 bits per heavy atom. The third-order valence-electron chi connectivity index (χ3n) is 4.40. The number of hydrogen-bond acceptors (Lipinski definition) is 4. The molecule has 120 valence electrons. The summed E-state index contributed by atoms with van der Waals surface area (Å²) < 4.78 is 5.59. The highest BCUT2D eigenvalue weighted by Gasteiger charge is 2.48. The second-order valence-corrected chi connectivity index (χ2v) is 9.11. The minimum atomic E-state index is -0.174. The second-order valence-electron chi connectivity index (χ2n) is 5.90. The number of nitrogens with zero attached hydrogens (tertiary/aromatic N) is 1. The van der Waals surface area contributed by atoms with Crippen LogP contribution in [0.15, 0.2) is 30.3 Å². The van der Waals surface area contributed by atoms with E-state index < -0.39 is 0 Å². The maximum atomic E-state index is 12.5. The van der Waals surface area contributed by atoms with Gasteiger partial charge in [0.1, 0.15) is 0 Å². The standard InChI is InChI=1S/C17H23NO2S2/c1-3-20-16(19)18-13(2)11-17(21-9-10-22-17)12-15(18)14-7-5-4-6-8-14/h4-8,13,15H,3,9-12H2,1-2H3/t13-,15-/m1/s1. The number of hydrogen-bond donors (Lipinski definition) is 0. The van der Waals surface area contributed by atoms with Crippen LogP contribution in [0.25, 0.3) is 0 Å². The lowest BCUT2D eigenvalue weighted by molar-refractivity contribution is 0.0522. The van der Waals surface area contributed by atoms with E-state index in [1.165, 1.54) is 17.1 Å². The third kappa shape index (κ3) is 3.11. The number of carbonyl (C=O) groups excluding carboxylic acids is 1. The van der Waals surface area contributed by atoms with Crippen LogP contribution in [0.5, 0.6) is 0 Å². The van der Waals surface area contributed by atoms with Gasteiger partial charge in [0.25, 0.3) is 0 Å². The van der Waals surface area contributed by atoms with E-state index in [0.717, 1.165) is 12.8 Å². The SMILES string of the molecule is CCOC(=O)N1[C@H](C)CC2(C[C@@H]1c1ccccc1)SCCS2. The number of piperidine rings is 1. The van der Waals surface area contributed by atoms with Crippen LogP contribution in [-0.4, -0.2) is 39.2 Å². The fourth-order valence-electron chi connectivity index (χ4n) is 3.52. The molecule has 0 saturated carbocycles. The molecule has 3 rings (SSSR count). The lowest BCUT2D eigenvalue weighted by Crippen LogP contribution is -2.50. The first kappa shape index (κ1) is 16.1. The van der Waals surface area contributed by atoms with E-state index in [2.05, 4.69) is 54.7 Å². The maximum absolute atomic E-state index is 12.5. The summed E-state index contributed by atoms with van der Waals surface area (Å²) in [6.07, 6.45) is 1.88. The third-order valence-corrected chi connectivity index (χ3v) is 7.90. The molecule has 0 bridgehead atoms. The van der Waals surface area contributed by atoms with Gasteiger partial charge >= 0.3 is 6.09 Å². The van der Waals surface area contributed by atoms with Crippen LogP contribution < -0.4 is 0 Å². The molecule has 1 aromatic carbocycles. The molecule has 2 fully saturated rings. The number of carbonyl (C=O) groups is 1. The average molecular weight is 338 g/mol. The van der Waals surface area contributed by atoms with Crippen LogP contribution in [0.4, 0.5) is 4.79 Å². The summed E-state index contributed by atoms with van der Waals surface area (Å²) >= 11 is 4.16. The van der Waals surface area contributed by atoms with Crippen molar-refractivity contribution in [2.45, 2.75) is 42.9 Å². The summed E-state index contributed by atoms with van der Waals surface area (Å²) in [4.78, 5) is 14.4. The molecule has 1 spiro atoms. The first-order chi connectivity index (χ1) is 10.7. The quantitative estimate of drug-likeness (QED) is 0.792. The zero-order chi connectivity index (χ0) is 15.6. The van der Waals surface area contributed by atoms with Gasteiger partial charge in [0.05, 0.1) is 16.7 Å². The molecule has 2 heterocycles. The largest absolute Gasteiger partial charge is 0.450 e. The Hall–Kier alpha value is -0.810. The Balaban J connectivity index is 1.92. The maximum Gasteiger partial charge on any atom is 0.410 e. The van der Waals surface area contributed by atoms with Crippen LogP contribution in [0.2, 0.25) is 0 Å². The molecule has 0 N–H and O–H groups in total. The van der Waals surface area contributed by atoms with Crippen LogP contribution in [-0.2, 0) is 4.74 Å². The van der Waals surface area contributed by atoms with Gasteiger partial charge in [-0.3, -0.25) is 4.90 Å². The molecule has 0 aromatic heterocycles. The molecule has 2 aliphatic rings. The summed E-state index contributed by atoms with van der Waals surface area (Å²) in [6.45, 7) is 4.46. The van der Waals surface area contributed by atoms with Crippen molar-refractivity contribution in [3.63, 3.8) is 0 Å². The van der Waals surface area contributed by atoms with Gasteiger partial charge in [-0.15, -0.1) is 23.5 Å². The molecule has 0 unspecified atom stereocenters. The Kier molecular flexibility index (Phi) is 4.93. The highest BCUT2D eigenvalue weighted by Crippen LogP contribution is 2.56. The molecular formula is C17H23NO2S2. The summed E-state index contributed by atoms with van der Waals surface area (Å²) in [5.74, 6) is 2.44. The Morgan fingerprint density at radius 2 is 1.95 bits per heavy atom. The predicted molar refractivity (Wildman–Crippen MR) is 94.4 cm³/mol. The molecule has 2 saturated heterocycles. The van der Waals surface area contributed by atoms with E-state index in [0.29, 0.717) is 6.61 Å². The van der Waals surface area contributed by atoms with Gasteiger partial charge in [-0.1, -0.05) is 30.3 Å². The number of ether oxygens (including phenoxy) is 1. The van der Waals surface area contributed by atoms with E-state index in [9.17, 15) is 4.79 Å². The summed E-state index contributed by atoms with van der Waals surface area (Å²) in [7, 11) is 0. The Labute approximate surface area is 141 Å². The van der Waals surface area contributed by atoms with Gasteiger partial charge in [-0.25, -0.2) is 4.79 Å². The van der Waals surface area contributed by atoms with E-state index in [1.807, 2.05) is 17.9 Å². The van der Waals surface area contributed by atoms with Gasteiger partial charge in [0.2, 0.25) is 0 Å². The lowest BCUT2D eigenvalue weighted by atomic mass is 9.91. The fraction of sp³-hybridized carbons (Fsp3) is 0.588. The molecule has 0 aliphatic carbocycles. The van der Waals surface area contributed by atoms with E-state index in [-0.39, 0.29) is 22.3 Å². The number of rotatable bonds is 2. The van der Waals surface area contributed by atoms with Crippen molar-refractivity contribution in [1.82, 2.24) is 4.90 Å². The molecule has 0 radical (unpaired) electrons. The van der Waals surface area contributed by atoms with Crippen molar-refractivity contribution in [3.8, 4) is 0 Å². The average Bonchev–Trinajstić information content (AvgIpc) is 2.95. The van der Waals surface area contributed by atoms with Crippen molar-refractivity contribution in [3.05, 3.63) is 35.9 Å². The normalized spacial score (nSPS) is 27.1. The van der Waals surface area contributed by atoms with Gasteiger partial charge in [-0.2, -0.15) is 0 Å². The van der Waals surface area contributed by atoms with Gasteiger partial charge in [0, 0.05) is 17.5 Å². The molecule has 2 atom stereocenters. The van der Waals surface area contributed by atoms with E-state index in [4.69, 9.17) is 4.74 Å². The topological polar surface area (TPSA) is 29.5 Å². The van der Waals surface area contributed by atoms with Crippen LogP contribution >= 0.6 is 23.5 Å². The van der Waals surface area contributed by atoms with Crippen LogP contribution in [0.3, 0.4) is 0 Å². The number of amides is 1. The van der Waals surface area contributed by atoms with Gasteiger partial charge < -0.3 is 4.74 Å². The molecule has 22 heavy (non-hydrogen) atoms. The second kappa shape index (κ2) is 6.75. The lowest BCUT2D eigenvalue weighted by Gasteiger charge is -2.47. The van der Waals surface area contributed by atoms with Gasteiger partial charge in [0.15, 0.2) is 0 Å². The first-order valence-corrected chi connectivity index (χ1v) is 9.90. The first-order valence-electron chi connectivity index (χ1n) is 7.93. The van der Waals surface area contributed by atoms with Crippen molar-refractivity contribution in [2.24, 2.45) is 0 Å². The molecular weight excluding hydrogens is 314 g/mol. The number of thioether (sulfide) groups is 2. The molecule has 1 amide bonds. The van der Waals surface area contributed by atoms with Crippen molar-refractivity contribution < 1.29 is 9.53 Å². The van der Waals surface area contributed by atoms with Crippen molar-refractivity contribution >= 4 is 29.6 Å². The Bertz CT molecular complexity index is 517. The molecule has 3 nitrogen and oxygen atoms in total. The minimum absolute atomic E-state index is 0.113. The van der Waals surface area contributed by atoms with E-state index >= 15 is 0 Å². The molecule has 1 aromatic rings. The Morgan fingerprint density at radius 3 is 2.59 bits per heavy atom. The molecule has 5 heteroatoms. The van der Waals surface area contributed by atoms with Crippen LogP contribution in [0, 0.1) is 0 Å². The number of likely N-dealkylation sites (tertiary alicyclic amines) is 1. The zero-order valence-electron chi connectivity index (χ0n) is 13.2. The highest BCUT2D eigenvalue weighted by molar-refractivity contribution is 8.21. The summed E-state index contributed by atoms with van der Waals surface area (Å²) in [5, 5.41) is 0. The van der Waals surface area contributed by atoms with E-state index in [1.54, 1.807) is 0 Å². The zero-order valence-corrected chi connectivity index (χ0v) is 14.8. The highest BCUT2D eigenvalue weighted by atomic mass is 32.2. The van der Waals surface area contributed by atoms with Gasteiger partial charge in [-0.05, 0) is 32.3 Å². The summed E-state index contributed by atoms with van der Waals surface area (Å²) in [5.41, 5.74) is 1.22. The predicted octanol–water partition coefficient (Wildman–Crippen LogP) is 4.54. The number of benzene rings is 1. The molecule has 2 aliphatic heterocycles. The minimum Gasteiger partial charge on any atom is -0.450 e. The monoisotopic (exact) mass is 337 g/mol.